The van der Waals surface area contributed by atoms with E-state index in [2.05, 4.69) is 54.4 Å². The lowest BCUT2D eigenvalue weighted by molar-refractivity contribution is 0.263. The molecule has 0 spiro atoms. The zero-order valence-electron chi connectivity index (χ0n) is 12.2. The van der Waals surface area contributed by atoms with Crippen LogP contribution in [0.2, 0.25) is 0 Å². The van der Waals surface area contributed by atoms with E-state index in [1.165, 1.54) is 11.1 Å². The molecule has 0 aliphatic rings. The van der Waals surface area contributed by atoms with Crippen molar-refractivity contribution in [3.05, 3.63) is 29.6 Å². The highest BCUT2D eigenvalue weighted by Crippen LogP contribution is 2.21. The van der Waals surface area contributed by atoms with Crippen LogP contribution in [0.25, 0.3) is 11.0 Å². The number of alkyl halides is 1. The summed E-state index contributed by atoms with van der Waals surface area (Å²) < 4.78 is 2.26. The van der Waals surface area contributed by atoms with Crippen molar-refractivity contribution in [3.63, 3.8) is 0 Å². The highest BCUT2D eigenvalue weighted by Gasteiger charge is 2.12. The fourth-order valence-corrected chi connectivity index (χ4v) is 2.48. The highest BCUT2D eigenvalue weighted by molar-refractivity contribution is 6.16. The quantitative estimate of drug-likeness (QED) is 0.782. The summed E-state index contributed by atoms with van der Waals surface area (Å²) in [5, 5.41) is 0. The lowest BCUT2D eigenvalue weighted by Crippen LogP contribution is -2.30. The summed E-state index contributed by atoms with van der Waals surface area (Å²) in [5.74, 6) is 1.42. The van der Waals surface area contributed by atoms with Crippen molar-refractivity contribution >= 4 is 22.6 Å². The van der Waals surface area contributed by atoms with Gasteiger partial charge in [0.1, 0.15) is 5.82 Å². The average molecular weight is 280 g/mol. The minimum absolute atomic E-state index is 0.458. The fourth-order valence-electron chi connectivity index (χ4n) is 2.27. The van der Waals surface area contributed by atoms with Gasteiger partial charge in [-0.1, -0.05) is 12.1 Å². The van der Waals surface area contributed by atoms with Crippen molar-refractivity contribution in [2.45, 2.75) is 39.2 Å². The van der Waals surface area contributed by atoms with Crippen molar-refractivity contribution in [2.24, 2.45) is 0 Å². The fraction of sp³-hybridized carbons (Fsp3) is 0.533. The molecule has 1 aromatic heterocycles. The summed E-state index contributed by atoms with van der Waals surface area (Å²) in [7, 11) is 2.15. The number of para-hydroxylation sites is 1. The number of fused-ring (bicyclic) bond motifs is 1. The van der Waals surface area contributed by atoms with Gasteiger partial charge in [-0.3, -0.25) is 0 Å². The number of aromatic nitrogens is 2. The molecule has 2 aromatic rings. The number of hydrogen-bond donors (Lipinski definition) is 0. The minimum Gasteiger partial charge on any atom is -0.325 e. The molecule has 0 N–H and O–H groups in total. The van der Waals surface area contributed by atoms with E-state index in [0.29, 0.717) is 11.9 Å². The van der Waals surface area contributed by atoms with Gasteiger partial charge in [0.2, 0.25) is 0 Å². The SMILES string of the molecule is Cc1cccc2nc(CCl)n(CCN(C)C(C)C)c12. The van der Waals surface area contributed by atoms with Crippen LogP contribution < -0.4 is 0 Å². The third kappa shape index (κ3) is 2.93. The number of imidazole rings is 1. The van der Waals surface area contributed by atoms with Crippen LogP contribution in [0.5, 0.6) is 0 Å². The monoisotopic (exact) mass is 279 g/mol. The van der Waals surface area contributed by atoms with E-state index >= 15 is 0 Å². The van der Waals surface area contributed by atoms with Gasteiger partial charge < -0.3 is 9.47 Å². The minimum atomic E-state index is 0.458. The molecule has 19 heavy (non-hydrogen) atoms. The maximum atomic E-state index is 6.04. The number of nitrogens with zero attached hydrogens (tertiary/aromatic N) is 3. The first kappa shape index (κ1) is 14.4. The third-order valence-corrected chi connectivity index (χ3v) is 3.96. The van der Waals surface area contributed by atoms with Crippen molar-refractivity contribution in [1.29, 1.82) is 0 Å². The maximum Gasteiger partial charge on any atom is 0.124 e. The van der Waals surface area contributed by atoms with Gasteiger partial charge >= 0.3 is 0 Å². The average Bonchev–Trinajstić information content (AvgIpc) is 2.75. The molecule has 0 unspecified atom stereocenters. The van der Waals surface area contributed by atoms with Gasteiger partial charge in [0.15, 0.2) is 0 Å². The first-order valence-electron chi connectivity index (χ1n) is 6.75. The number of benzene rings is 1. The molecular weight excluding hydrogens is 258 g/mol. The molecule has 0 saturated carbocycles. The van der Waals surface area contributed by atoms with Crippen LogP contribution in [-0.2, 0) is 12.4 Å². The van der Waals surface area contributed by atoms with Gasteiger partial charge in [0.25, 0.3) is 0 Å². The van der Waals surface area contributed by atoms with Gasteiger partial charge in [-0.05, 0) is 39.4 Å². The number of likely N-dealkylation sites (N-methyl/N-ethyl adjacent to an activating group) is 1. The van der Waals surface area contributed by atoms with Gasteiger partial charge in [-0.2, -0.15) is 0 Å². The molecule has 2 rings (SSSR count). The zero-order chi connectivity index (χ0) is 14.0. The van der Waals surface area contributed by atoms with Crippen molar-refractivity contribution < 1.29 is 0 Å². The van der Waals surface area contributed by atoms with Crippen LogP contribution in [0.15, 0.2) is 18.2 Å². The molecule has 3 nitrogen and oxygen atoms in total. The number of halogens is 1. The maximum absolute atomic E-state index is 6.04. The summed E-state index contributed by atoms with van der Waals surface area (Å²) in [4.78, 5) is 6.96. The van der Waals surface area contributed by atoms with Crippen LogP contribution in [-0.4, -0.2) is 34.1 Å². The molecule has 1 heterocycles. The Morgan fingerprint density at radius 3 is 2.74 bits per heavy atom. The second-order valence-electron chi connectivity index (χ2n) is 5.33. The van der Waals surface area contributed by atoms with Gasteiger partial charge in [-0.15, -0.1) is 11.6 Å². The first-order chi connectivity index (χ1) is 9.04. The first-order valence-corrected chi connectivity index (χ1v) is 7.29. The molecule has 0 amide bonds. The Kier molecular flexibility index (Phi) is 4.48. The Hall–Kier alpha value is -1.06. The standard InChI is InChI=1S/C15H22ClN3/c1-11(2)18(4)8-9-19-14(10-16)17-13-7-5-6-12(3)15(13)19/h5-7,11H,8-10H2,1-4H3. The van der Waals surface area contributed by atoms with Crippen molar-refractivity contribution in [1.82, 2.24) is 14.5 Å². The Bertz CT molecular complexity index is 560. The van der Waals surface area contributed by atoms with Crippen LogP contribution in [0, 0.1) is 6.92 Å². The van der Waals surface area contributed by atoms with E-state index in [9.17, 15) is 0 Å². The topological polar surface area (TPSA) is 21.1 Å². The highest BCUT2D eigenvalue weighted by atomic mass is 35.5. The largest absolute Gasteiger partial charge is 0.325 e. The lowest BCUT2D eigenvalue weighted by Gasteiger charge is -2.22. The van der Waals surface area contributed by atoms with Crippen molar-refractivity contribution in [2.75, 3.05) is 13.6 Å². The summed E-state index contributed by atoms with van der Waals surface area (Å²) in [5.41, 5.74) is 3.52. The lowest BCUT2D eigenvalue weighted by atomic mass is 10.2. The van der Waals surface area contributed by atoms with Crippen LogP contribution in [0.1, 0.15) is 25.2 Å². The molecule has 104 valence electrons. The van der Waals surface area contributed by atoms with Gasteiger partial charge in [-0.25, -0.2) is 4.98 Å². The van der Waals surface area contributed by atoms with Crippen molar-refractivity contribution in [3.8, 4) is 0 Å². The Labute approximate surface area is 120 Å². The zero-order valence-corrected chi connectivity index (χ0v) is 12.9. The Balaban J connectivity index is 2.35. The van der Waals surface area contributed by atoms with Crippen LogP contribution in [0.4, 0.5) is 0 Å². The second-order valence-corrected chi connectivity index (χ2v) is 5.60. The summed E-state index contributed by atoms with van der Waals surface area (Å²) in [6, 6.07) is 6.79. The molecule has 0 aliphatic carbocycles. The number of hydrogen-bond acceptors (Lipinski definition) is 2. The molecule has 0 saturated heterocycles. The second kappa shape index (κ2) is 5.93. The van der Waals surface area contributed by atoms with Crippen LogP contribution >= 0.6 is 11.6 Å². The van der Waals surface area contributed by atoms with E-state index < -0.39 is 0 Å². The molecule has 0 atom stereocenters. The predicted octanol–water partition coefficient (Wildman–Crippen LogP) is 3.42. The van der Waals surface area contributed by atoms with E-state index in [4.69, 9.17) is 11.6 Å². The van der Waals surface area contributed by atoms with E-state index in [0.717, 1.165) is 24.4 Å². The molecule has 0 radical (unpaired) electrons. The van der Waals surface area contributed by atoms with Gasteiger partial charge in [0.05, 0.1) is 16.9 Å². The molecule has 0 aliphatic heterocycles. The number of aryl methyl sites for hydroxylation is 1. The normalized spacial score (nSPS) is 11.9. The smallest absolute Gasteiger partial charge is 0.124 e. The molecule has 0 fully saturated rings. The molecular formula is C15H22ClN3. The van der Waals surface area contributed by atoms with Crippen LogP contribution in [0.3, 0.4) is 0 Å². The van der Waals surface area contributed by atoms with E-state index in [-0.39, 0.29) is 0 Å². The predicted molar refractivity (Wildman–Crippen MR) is 81.8 cm³/mol. The van der Waals surface area contributed by atoms with E-state index in [1.807, 2.05) is 6.07 Å². The number of rotatable bonds is 5. The summed E-state index contributed by atoms with van der Waals surface area (Å²) in [6.07, 6.45) is 0. The molecule has 1 aromatic carbocycles. The van der Waals surface area contributed by atoms with Gasteiger partial charge in [0, 0.05) is 19.1 Å². The third-order valence-electron chi connectivity index (χ3n) is 3.72. The Morgan fingerprint density at radius 2 is 2.11 bits per heavy atom. The summed E-state index contributed by atoms with van der Waals surface area (Å²) >= 11 is 6.04. The summed E-state index contributed by atoms with van der Waals surface area (Å²) in [6.45, 7) is 8.48. The molecule has 0 bridgehead atoms. The van der Waals surface area contributed by atoms with E-state index in [1.54, 1.807) is 0 Å². The Morgan fingerprint density at radius 1 is 1.37 bits per heavy atom. The molecule has 4 heteroatoms.